The van der Waals surface area contributed by atoms with Gasteiger partial charge in [0, 0.05) is 10.9 Å². The summed E-state index contributed by atoms with van der Waals surface area (Å²) >= 11 is 6.54. The van der Waals surface area contributed by atoms with Gasteiger partial charge in [0.05, 0.1) is 30.6 Å². The van der Waals surface area contributed by atoms with Crippen molar-refractivity contribution in [2.24, 2.45) is 0 Å². The van der Waals surface area contributed by atoms with Crippen molar-refractivity contribution in [3.05, 3.63) is 78.0 Å². The van der Waals surface area contributed by atoms with Crippen molar-refractivity contribution in [3.63, 3.8) is 0 Å². The Balaban J connectivity index is 1.74. The van der Waals surface area contributed by atoms with Gasteiger partial charge in [-0.05, 0) is 42.5 Å². The van der Waals surface area contributed by atoms with Crippen LogP contribution in [0.1, 0.15) is 5.76 Å². The van der Waals surface area contributed by atoms with Gasteiger partial charge in [-0.15, -0.1) is 0 Å². The van der Waals surface area contributed by atoms with E-state index in [9.17, 15) is 0 Å². The van der Waals surface area contributed by atoms with Gasteiger partial charge in [0.1, 0.15) is 28.9 Å². The fourth-order valence-corrected chi connectivity index (χ4v) is 3.73. The summed E-state index contributed by atoms with van der Waals surface area (Å²) in [4.78, 5) is 14.6. The number of aromatic nitrogens is 3. The minimum Gasteiger partial charge on any atom is -0.497 e. The molecule has 6 nitrogen and oxygen atoms in total. The van der Waals surface area contributed by atoms with Gasteiger partial charge in [0.25, 0.3) is 0 Å². The second-order valence-electron chi connectivity index (χ2n) is 6.57. The van der Waals surface area contributed by atoms with Crippen LogP contribution in [0.25, 0.3) is 21.9 Å². The molecule has 0 saturated carbocycles. The van der Waals surface area contributed by atoms with E-state index < -0.39 is 0 Å². The highest BCUT2D eigenvalue weighted by atomic mass is 35.5. The number of H-pyrrole nitrogens is 1. The van der Waals surface area contributed by atoms with Gasteiger partial charge in [-0.2, -0.15) is 0 Å². The number of rotatable bonds is 5. The Morgan fingerprint density at radius 2 is 2.00 bits per heavy atom. The van der Waals surface area contributed by atoms with Crippen LogP contribution in [0.2, 0.25) is 5.02 Å². The normalized spacial score (nSPS) is 11.2. The Morgan fingerprint density at radius 1 is 1.10 bits per heavy atom. The maximum atomic E-state index is 6.54. The van der Waals surface area contributed by atoms with Gasteiger partial charge in [-0.1, -0.05) is 23.7 Å². The molecule has 0 aliphatic heterocycles. The molecule has 0 bridgehead atoms. The highest BCUT2D eigenvalue weighted by molar-refractivity contribution is 6.33. The first-order valence-corrected chi connectivity index (χ1v) is 9.47. The monoisotopic (exact) mass is 404 g/mol. The Kier molecular flexibility index (Phi) is 4.33. The van der Waals surface area contributed by atoms with Crippen molar-refractivity contribution in [3.8, 4) is 5.75 Å². The quantitative estimate of drug-likeness (QED) is 0.406. The SMILES string of the molecule is COc1ccc2[nH]c3c(N(Cc4ccco4)c4ccccc4Cl)ncnc3c2c1. The first kappa shape index (κ1) is 17.6. The van der Waals surface area contributed by atoms with E-state index in [1.165, 1.54) is 0 Å². The third-order valence-electron chi connectivity index (χ3n) is 4.86. The summed E-state index contributed by atoms with van der Waals surface area (Å²) < 4.78 is 11.0. The largest absolute Gasteiger partial charge is 0.497 e. The highest BCUT2D eigenvalue weighted by Gasteiger charge is 2.21. The number of benzene rings is 2. The van der Waals surface area contributed by atoms with Crippen LogP contribution >= 0.6 is 11.6 Å². The van der Waals surface area contributed by atoms with Gasteiger partial charge in [0.15, 0.2) is 5.82 Å². The van der Waals surface area contributed by atoms with Gasteiger partial charge in [-0.25, -0.2) is 9.97 Å². The van der Waals surface area contributed by atoms with E-state index in [1.54, 1.807) is 19.7 Å². The second kappa shape index (κ2) is 7.14. The van der Waals surface area contributed by atoms with Gasteiger partial charge >= 0.3 is 0 Å². The summed E-state index contributed by atoms with van der Waals surface area (Å²) in [6.07, 6.45) is 3.22. The Morgan fingerprint density at radius 3 is 2.79 bits per heavy atom. The number of nitrogens with one attached hydrogen (secondary N) is 1. The number of furan rings is 1. The number of methoxy groups -OCH3 is 1. The lowest BCUT2D eigenvalue weighted by Gasteiger charge is -2.24. The van der Waals surface area contributed by atoms with Crippen LogP contribution in [-0.2, 0) is 6.54 Å². The third-order valence-corrected chi connectivity index (χ3v) is 5.18. The molecule has 0 unspecified atom stereocenters. The number of hydrogen-bond donors (Lipinski definition) is 1. The maximum Gasteiger partial charge on any atom is 0.161 e. The molecule has 0 aliphatic carbocycles. The number of aromatic amines is 1. The summed E-state index contributed by atoms with van der Waals surface area (Å²) in [5.74, 6) is 2.29. The topological polar surface area (TPSA) is 67.2 Å². The molecule has 0 saturated heterocycles. The molecule has 2 aromatic carbocycles. The molecule has 1 N–H and O–H groups in total. The van der Waals surface area contributed by atoms with Crippen LogP contribution in [0.4, 0.5) is 11.5 Å². The lowest BCUT2D eigenvalue weighted by molar-refractivity contribution is 0.415. The molecule has 0 radical (unpaired) electrons. The Bertz CT molecular complexity index is 1300. The van der Waals surface area contributed by atoms with Crippen LogP contribution in [0.3, 0.4) is 0 Å². The molecular weight excluding hydrogens is 388 g/mol. The zero-order chi connectivity index (χ0) is 19.8. The van der Waals surface area contributed by atoms with Crippen molar-refractivity contribution in [2.75, 3.05) is 12.0 Å². The number of nitrogens with zero attached hydrogens (tertiary/aromatic N) is 3. The van der Waals surface area contributed by atoms with Crippen LogP contribution in [-0.4, -0.2) is 22.1 Å². The fraction of sp³-hybridized carbons (Fsp3) is 0.0909. The minimum absolute atomic E-state index is 0.474. The van der Waals surface area contributed by atoms with Crippen molar-refractivity contribution < 1.29 is 9.15 Å². The molecular formula is C22H17ClN4O2. The summed E-state index contributed by atoms with van der Waals surface area (Å²) in [5.41, 5.74) is 3.43. The molecule has 0 spiro atoms. The van der Waals surface area contributed by atoms with E-state index in [2.05, 4.69) is 15.0 Å². The molecule has 5 rings (SSSR count). The van der Waals surface area contributed by atoms with E-state index in [1.807, 2.05) is 59.5 Å². The molecule has 3 aromatic heterocycles. The van der Waals surface area contributed by atoms with Crippen LogP contribution in [0.5, 0.6) is 5.75 Å². The van der Waals surface area contributed by atoms with Crippen LogP contribution < -0.4 is 9.64 Å². The van der Waals surface area contributed by atoms with Crippen molar-refractivity contribution in [1.82, 2.24) is 15.0 Å². The first-order valence-electron chi connectivity index (χ1n) is 9.09. The number of ether oxygens (including phenoxy) is 1. The summed E-state index contributed by atoms with van der Waals surface area (Å²) in [6.45, 7) is 0.474. The summed E-state index contributed by atoms with van der Waals surface area (Å²) in [5, 5.41) is 1.60. The molecule has 0 atom stereocenters. The number of hydrogen-bond acceptors (Lipinski definition) is 5. The molecule has 7 heteroatoms. The van der Waals surface area contributed by atoms with E-state index >= 15 is 0 Å². The standard InChI is InChI=1S/C22H17ClN4O2/c1-28-14-8-9-18-16(11-14)20-21(26-18)22(25-13-24-20)27(12-15-5-4-10-29-15)19-7-3-2-6-17(19)23/h2-11,13,26H,12H2,1H3. The van der Waals surface area contributed by atoms with Gasteiger partial charge in [-0.3, -0.25) is 0 Å². The lowest BCUT2D eigenvalue weighted by Crippen LogP contribution is -2.18. The molecule has 5 aromatic rings. The average Bonchev–Trinajstić information content (AvgIpc) is 3.39. The molecule has 3 heterocycles. The number of fused-ring (bicyclic) bond motifs is 3. The van der Waals surface area contributed by atoms with Crippen molar-refractivity contribution in [2.45, 2.75) is 6.54 Å². The lowest BCUT2D eigenvalue weighted by atomic mass is 10.2. The predicted octanol–water partition coefficient (Wildman–Crippen LogP) is 5.70. The maximum absolute atomic E-state index is 6.54. The second-order valence-corrected chi connectivity index (χ2v) is 6.98. The van der Waals surface area contributed by atoms with Crippen LogP contribution in [0, 0.1) is 0 Å². The fourth-order valence-electron chi connectivity index (χ4n) is 3.49. The molecule has 0 amide bonds. The van der Waals surface area contributed by atoms with Gasteiger partial charge < -0.3 is 19.0 Å². The number of halogens is 1. The predicted molar refractivity (Wildman–Crippen MR) is 114 cm³/mol. The van der Waals surface area contributed by atoms with Crippen LogP contribution in [0.15, 0.2) is 71.6 Å². The first-order chi connectivity index (χ1) is 14.2. The minimum atomic E-state index is 0.474. The van der Waals surface area contributed by atoms with Gasteiger partial charge in [0.2, 0.25) is 0 Å². The molecule has 144 valence electrons. The average molecular weight is 405 g/mol. The van der Waals surface area contributed by atoms with Crippen molar-refractivity contribution >= 4 is 45.0 Å². The molecule has 0 fully saturated rings. The highest BCUT2D eigenvalue weighted by Crippen LogP contribution is 2.37. The smallest absolute Gasteiger partial charge is 0.161 e. The third kappa shape index (κ3) is 3.07. The number of para-hydroxylation sites is 1. The zero-order valence-corrected chi connectivity index (χ0v) is 16.3. The molecule has 0 aliphatic rings. The summed E-state index contributed by atoms with van der Waals surface area (Å²) in [7, 11) is 1.65. The summed E-state index contributed by atoms with van der Waals surface area (Å²) in [6, 6.07) is 17.3. The Hall–Kier alpha value is -3.51. The van der Waals surface area contributed by atoms with Crippen molar-refractivity contribution in [1.29, 1.82) is 0 Å². The molecule has 29 heavy (non-hydrogen) atoms. The van der Waals surface area contributed by atoms with E-state index in [0.29, 0.717) is 11.6 Å². The van der Waals surface area contributed by atoms with E-state index in [0.717, 1.165) is 45.0 Å². The Labute approximate surface area is 171 Å². The zero-order valence-electron chi connectivity index (χ0n) is 15.6. The van der Waals surface area contributed by atoms with E-state index in [4.69, 9.17) is 20.8 Å². The van der Waals surface area contributed by atoms with E-state index in [-0.39, 0.29) is 0 Å². The number of anilines is 2.